The number of nitrogens with zero attached hydrogens (tertiary/aromatic N) is 2. The minimum atomic E-state index is -0.111. The molecule has 0 amide bonds. The third-order valence-electron chi connectivity index (χ3n) is 3.56. The number of rotatable bonds is 1. The number of fused-ring (bicyclic) bond motifs is 1. The van der Waals surface area contributed by atoms with E-state index in [1.165, 1.54) is 0 Å². The number of aryl methyl sites for hydroxylation is 2. The summed E-state index contributed by atoms with van der Waals surface area (Å²) in [5, 5.41) is 1.11. The van der Waals surface area contributed by atoms with Gasteiger partial charge in [-0.25, -0.2) is 9.97 Å². The summed E-state index contributed by atoms with van der Waals surface area (Å²) in [6.07, 6.45) is 0. The lowest BCUT2D eigenvalue weighted by Crippen LogP contribution is -2.14. The van der Waals surface area contributed by atoms with E-state index < -0.39 is 0 Å². The van der Waals surface area contributed by atoms with Crippen molar-refractivity contribution >= 4 is 10.9 Å². The molecule has 3 rings (SSSR count). The maximum atomic E-state index is 11.9. The molecule has 0 aliphatic rings. The second kappa shape index (κ2) is 4.56. The Balaban J connectivity index is 2.27. The van der Waals surface area contributed by atoms with Crippen LogP contribution < -0.4 is 5.56 Å². The van der Waals surface area contributed by atoms with Crippen LogP contribution in [0, 0.1) is 20.8 Å². The molecule has 4 nitrogen and oxygen atoms in total. The first-order chi connectivity index (χ1) is 9.56. The Hall–Kier alpha value is -2.49. The Morgan fingerprint density at radius 2 is 1.80 bits per heavy atom. The Kier molecular flexibility index (Phi) is 2.86. The summed E-state index contributed by atoms with van der Waals surface area (Å²) in [5.74, 6) is 0.520. The van der Waals surface area contributed by atoms with E-state index in [0.29, 0.717) is 17.1 Å². The van der Waals surface area contributed by atoms with E-state index in [-0.39, 0.29) is 5.56 Å². The van der Waals surface area contributed by atoms with Gasteiger partial charge in [-0.3, -0.25) is 4.79 Å². The summed E-state index contributed by atoms with van der Waals surface area (Å²) in [6.45, 7) is 5.64. The van der Waals surface area contributed by atoms with Crippen molar-refractivity contribution in [2.24, 2.45) is 0 Å². The van der Waals surface area contributed by atoms with Crippen LogP contribution in [0.3, 0.4) is 0 Å². The van der Waals surface area contributed by atoms with Crippen molar-refractivity contribution in [3.8, 4) is 11.5 Å². The largest absolute Gasteiger partial charge is 0.305 e. The Labute approximate surface area is 116 Å². The number of hydrogen-bond donors (Lipinski definition) is 1. The lowest BCUT2D eigenvalue weighted by Gasteiger charge is -2.07. The van der Waals surface area contributed by atoms with Crippen molar-refractivity contribution in [1.82, 2.24) is 15.0 Å². The molecule has 2 heterocycles. The Morgan fingerprint density at radius 3 is 2.55 bits per heavy atom. The Bertz CT molecular complexity index is 865. The summed E-state index contributed by atoms with van der Waals surface area (Å²) >= 11 is 0. The molecule has 0 radical (unpaired) electrons. The number of para-hydroxylation sites is 1. The number of nitrogens with one attached hydrogen (secondary N) is 1. The minimum Gasteiger partial charge on any atom is -0.305 e. The number of benzene rings is 1. The molecule has 0 spiro atoms. The predicted molar refractivity (Wildman–Crippen MR) is 79.8 cm³/mol. The minimum absolute atomic E-state index is 0.111. The summed E-state index contributed by atoms with van der Waals surface area (Å²) in [6, 6.07) is 9.90. The number of hydrogen-bond acceptors (Lipinski definition) is 3. The first kappa shape index (κ1) is 12.5. The zero-order chi connectivity index (χ0) is 14.3. The molecule has 0 aliphatic heterocycles. The van der Waals surface area contributed by atoms with E-state index in [1.54, 1.807) is 6.92 Å². The summed E-state index contributed by atoms with van der Waals surface area (Å²) in [4.78, 5) is 23.7. The molecule has 1 aromatic carbocycles. The third-order valence-corrected chi connectivity index (χ3v) is 3.56. The highest BCUT2D eigenvalue weighted by molar-refractivity contribution is 5.84. The zero-order valence-electron chi connectivity index (χ0n) is 11.7. The summed E-state index contributed by atoms with van der Waals surface area (Å²) in [7, 11) is 0. The maximum Gasteiger partial charge on any atom is 0.254 e. The average molecular weight is 265 g/mol. The second-order valence-electron chi connectivity index (χ2n) is 4.97. The molecule has 1 N–H and O–H groups in total. The van der Waals surface area contributed by atoms with Crippen LogP contribution in [0.15, 0.2) is 35.1 Å². The van der Waals surface area contributed by atoms with E-state index in [4.69, 9.17) is 0 Å². The van der Waals surface area contributed by atoms with Gasteiger partial charge in [-0.2, -0.15) is 0 Å². The van der Waals surface area contributed by atoms with E-state index >= 15 is 0 Å². The SMILES string of the molecule is Cc1nc(-c2cc(C)c3ccccc3n2)[nH]c(=O)c1C. The van der Waals surface area contributed by atoms with Crippen molar-refractivity contribution in [1.29, 1.82) is 0 Å². The molecule has 0 fully saturated rings. The van der Waals surface area contributed by atoms with Gasteiger partial charge in [0.2, 0.25) is 0 Å². The standard InChI is InChI=1S/C16H15N3O/c1-9-8-14(18-13-7-5-4-6-12(9)13)15-17-11(3)10(2)16(20)19-15/h4-8H,1-3H3,(H,17,19,20). The molecule has 3 aromatic rings. The van der Waals surface area contributed by atoms with Crippen LogP contribution in [0.2, 0.25) is 0 Å². The molecule has 0 bridgehead atoms. The van der Waals surface area contributed by atoms with Crippen LogP contribution >= 0.6 is 0 Å². The molecule has 0 saturated heterocycles. The highest BCUT2D eigenvalue weighted by Crippen LogP contribution is 2.21. The molecule has 0 saturated carbocycles. The lowest BCUT2D eigenvalue weighted by atomic mass is 10.1. The van der Waals surface area contributed by atoms with E-state index in [9.17, 15) is 4.79 Å². The fraction of sp³-hybridized carbons (Fsp3) is 0.188. The van der Waals surface area contributed by atoms with Crippen LogP contribution in [0.5, 0.6) is 0 Å². The van der Waals surface area contributed by atoms with Gasteiger partial charge >= 0.3 is 0 Å². The van der Waals surface area contributed by atoms with Gasteiger partial charge in [-0.15, -0.1) is 0 Å². The molecule has 0 aliphatic carbocycles. The van der Waals surface area contributed by atoms with Gasteiger partial charge in [0.05, 0.1) is 5.52 Å². The fourth-order valence-corrected chi connectivity index (χ4v) is 2.24. The summed E-state index contributed by atoms with van der Waals surface area (Å²) < 4.78 is 0. The molecule has 2 aromatic heterocycles. The molecule has 100 valence electrons. The number of H-pyrrole nitrogens is 1. The first-order valence-electron chi connectivity index (χ1n) is 6.50. The van der Waals surface area contributed by atoms with Gasteiger partial charge in [0.25, 0.3) is 5.56 Å². The lowest BCUT2D eigenvalue weighted by molar-refractivity contribution is 1.02. The third kappa shape index (κ3) is 1.99. The van der Waals surface area contributed by atoms with Crippen molar-refractivity contribution in [2.75, 3.05) is 0 Å². The predicted octanol–water partition coefficient (Wildman–Crippen LogP) is 2.91. The van der Waals surface area contributed by atoms with Gasteiger partial charge < -0.3 is 4.98 Å². The van der Waals surface area contributed by atoms with Gasteiger partial charge in [0, 0.05) is 16.6 Å². The van der Waals surface area contributed by atoms with Crippen LogP contribution in [-0.4, -0.2) is 15.0 Å². The Morgan fingerprint density at radius 1 is 1.05 bits per heavy atom. The van der Waals surface area contributed by atoms with Gasteiger partial charge in [0.15, 0.2) is 5.82 Å². The van der Waals surface area contributed by atoms with Crippen LogP contribution in [0.25, 0.3) is 22.4 Å². The van der Waals surface area contributed by atoms with Crippen molar-refractivity contribution < 1.29 is 0 Å². The van der Waals surface area contributed by atoms with Crippen LogP contribution in [0.4, 0.5) is 0 Å². The molecule has 20 heavy (non-hydrogen) atoms. The molecular formula is C16H15N3O. The molecule has 0 unspecified atom stereocenters. The molecule has 0 atom stereocenters. The summed E-state index contributed by atoms with van der Waals surface area (Å²) in [5.41, 5.74) is 3.99. The number of pyridine rings is 1. The average Bonchev–Trinajstić information content (AvgIpc) is 2.44. The van der Waals surface area contributed by atoms with E-state index in [0.717, 1.165) is 22.2 Å². The second-order valence-corrected chi connectivity index (χ2v) is 4.97. The smallest absolute Gasteiger partial charge is 0.254 e. The van der Waals surface area contributed by atoms with Crippen LogP contribution in [-0.2, 0) is 0 Å². The van der Waals surface area contributed by atoms with E-state index in [2.05, 4.69) is 15.0 Å². The highest BCUT2D eigenvalue weighted by Gasteiger charge is 2.09. The highest BCUT2D eigenvalue weighted by atomic mass is 16.1. The van der Waals surface area contributed by atoms with Gasteiger partial charge in [-0.05, 0) is 38.5 Å². The molecule has 4 heteroatoms. The topological polar surface area (TPSA) is 58.6 Å². The maximum absolute atomic E-state index is 11.9. The number of aromatic nitrogens is 3. The monoisotopic (exact) mass is 265 g/mol. The first-order valence-corrected chi connectivity index (χ1v) is 6.50. The quantitative estimate of drug-likeness (QED) is 0.736. The fourth-order valence-electron chi connectivity index (χ4n) is 2.24. The van der Waals surface area contributed by atoms with Crippen molar-refractivity contribution in [3.63, 3.8) is 0 Å². The normalized spacial score (nSPS) is 10.9. The molecular weight excluding hydrogens is 250 g/mol. The number of aromatic amines is 1. The van der Waals surface area contributed by atoms with Gasteiger partial charge in [-0.1, -0.05) is 18.2 Å². The van der Waals surface area contributed by atoms with Gasteiger partial charge in [0.1, 0.15) is 5.69 Å². The van der Waals surface area contributed by atoms with Crippen molar-refractivity contribution in [3.05, 3.63) is 57.5 Å². The van der Waals surface area contributed by atoms with Crippen LogP contribution in [0.1, 0.15) is 16.8 Å². The van der Waals surface area contributed by atoms with Crippen molar-refractivity contribution in [2.45, 2.75) is 20.8 Å². The zero-order valence-corrected chi connectivity index (χ0v) is 11.7. The van der Waals surface area contributed by atoms with E-state index in [1.807, 2.05) is 44.2 Å².